The number of esters is 1. The largest absolute Gasteiger partial charge is 0.465 e. The Bertz CT molecular complexity index is 654. The highest BCUT2D eigenvalue weighted by Gasteiger charge is 2.14. The molecule has 0 amide bonds. The van der Waals surface area contributed by atoms with Gasteiger partial charge in [0, 0.05) is 25.8 Å². The number of ether oxygens (including phenoxy) is 2. The first kappa shape index (κ1) is 14.7. The second-order valence-corrected chi connectivity index (χ2v) is 4.70. The number of nitrogen functional groups attached to an aromatic ring is 1. The molecular formula is C16H18N2O3. The number of rotatable bonds is 4. The molecule has 0 unspecified atom stereocenters. The summed E-state index contributed by atoms with van der Waals surface area (Å²) in [6.07, 6.45) is 0. The molecule has 2 N–H and O–H groups in total. The van der Waals surface area contributed by atoms with E-state index in [1.807, 2.05) is 43.3 Å². The number of benzene rings is 2. The number of hydrogen-bond acceptors (Lipinski definition) is 5. The number of carbonyl (C=O) groups is 1. The van der Waals surface area contributed by atoms with Gasteiger partial charge in [-0.1, -0.05) is 12.1 Å². The Morgan fingerprint density at radius 3 is 2.52 bits per heavy atom. The van der Waals surface area contributed by atoms with Crippen LogP contribution in [0, 0.1) is 0 Å². The van der Waals surface area contributed by atoms with Gasteiger partial charge >= 0.3 is 5.97 Å². The standard InChI is InChI=1S/C16H18N2O3/c1-18(2)11-6-4-7-12(10-11)21-14-9-5-8-13(15(14)17)16(19)20-3/h4-10H,17H2,1-3H3. The third-order valence-electron chi connectivity index (χ3n) is 3.03. The molecule has 0 spiro atoms. The van der Waals surface area contributed by atoms with Crippen LogP contribution in [0.4, 0.5) is 11.4 Å². The van der Waals surface area contributed by atoms with Gasteiger partial charge < -0.3 is 20.1 Å². The van der Waals surface area contributed by atoms with Gasteiger partial charge in [-0.3, -0.25) is 0 Å². The van der Waals surface area contributed by atoms with E-state index < -0.39 is 5.97 Å². The maximum Gasteiger partial charge on any atom is 0.340 e. The first-order valence-corrected chi connectivity index (χ1v) is 6.45. The van der Waals surface area contributed by atoms with Crippen molar-refractivity contribution in [1.82, 2.24) is 0 Å². The molecule has 0 aliphatic rings. The molecule has 0 aliphatic heterocycles. The molecule has 0 bridgehead atoms. The first-order valence-electron chi connectivity index (χ1n) is 6.45. The zero-order chi connectivity index (χ0) is 15.4. The summed E-state index contributed by atoms with van der Waals surface area (Å²) < 4.78 is 10.5. The second kappa shape index (κ2) is 6.17. The molecule has 5 nitrogen and oxygen atoms in total. The van der Waals surface area contributed by atoms with Gasteiger partial charge in [0.15, 0.2) is 5.75 Å². The molecule has 0 aromatic heterocycles. The average Bonchev–Trinajstić information content (AvgIpc) is 2.49. The van der Waals surface area contributed by atoms with Crippen molar-refractivity contribution in [2.45, 2.75) is 0 Å². The summed E-state index contributed by atoms with van der Waals surface area (Å²) in [5.74, 6) is 0.587. The molecule has 2 aromatic rings. The topological polar surface area (TPSA) is 64.8 Å². The molecule has 0 atom stereocenters. The SMILES string of the molecule is COC(=O)c1cccc(Oc2cccc(N(C)C)c2)c1N. The van der Waals surface area contributed by atoms with Crippen molar-refractivity contribution in [3.63, 3.8) is 0 Å². The van der Waals surface area contributed by atoms with E-state index in [0.29, 0.717) is 17.1 Å². The lowest BCUT2D eigenvalue weighted by molar-refractivity contribution is 0.0601. The summed E-state index contributed by atoms with van der Waals surface area (Å²) in [5.41, 5.74) is 7.53. The van der Waals surface area contributed by atoms with Gasteiger partial charge in [0.25, 0.3) is 0 Å². The molecular weight excluding hydrogens is 268 g/mol. The van der Waals surface area contributed by atoms with E-state index in [9.17, 15) is 4.79 Å². The summed E-state index contributed by atoms with van der Waals surface area (Å²) >= 11 is 0. The van der Waals surface area contributed by atoms with Crippen LogP contribution in [-0.2, 0) is 4.74 Å². The summed E-state index contributed by atoms with van der Waals surface area (Å²) in [6, 6.07) is 12.6. The molecule has 110 valence electrons. The van der Waals surface area contributed by atoms with Crippen LogP contribution in [0.25, 0.3) is 0 Å². The van der Waals surface area contributed by atoms with Crippen LogP contribution >= 0.6 is 0 Å². The lowest BCUT2D eigenvalue weighted by atomic mass is 10.1. The van der Waals surface area contributed by atoms with Crippen molar-refractivity contribution >= 4 is 17.3 Å². The smallest absolute Gasteiger partial charge is 0.340 e. The Morgan fingerprint density at radius 2 is 1.86 bits per heavy atom. The predicted molar refractivity (Wildman–Crippen MR) is 83.0 cm³/mol. The van der Waals surface area contributed by atoms with Crippen molar-refractivity contribution in [1.29, 1.82) is 0 Å². The molecule has 0 heterocycles. The number of hydrogen-bond donors (Lipinski definition) is 1. The summed E-state index contributed by atoms with van der Waals surface area (Å²) in [4.78, 5) is 13.6. The Kier molecular flexibility index (Phi) is 4.33. The minimum Gasteiger partial charge on any atom is -0.465 e. The van der Waals surface area contributed by atoms with Crippen LogP contribution in [0.3, 0.4) is 0 Å². The van der Waals surface area contributed by atoms with Gasteiger partial charge in [-0.05, 0) is 24.3 Å². The Labute approximate surface area is 123 Å². The molecule has 5 heteroatoms. The summed E-state index contributed by atoms with van der Waals surface area (Å²) in [7, 11) is 5.21. The van der Waals surface area contributed by atoms with Crippen LogP contribution in [0.5, 0.6) is 11.5 Å². The minimum absolute atomic E-state index is 0.264. The molecule has 0 saturated heterocycles. The fraction of sp³-hybridized carbons (Fsp3) is 0.188. The van der Waals surface area contributed by atoms with Crippen LogP contribution < -0.4 is 15.4 Å². The maximum atomic E-state index is 11.6. The van der Waals surface area contributed by atoms with Crippen LogP contribution in [0.15, 0.2) is 42.5 Å². The molecule has 0 radical (unpaired) electrons. The van der Waals surface area contributed by atoms with E-state index >= 15 is 0 Å². The number of carbonyl (C=O) groups excluding carboxylic acids is 1. The Morgan fingerprint density at radius 1 is 1.14 bits per heavy atom. The minimum atomic E-state index is -0.486. The Balaban J connectivity index is 2.32. The highest BCUT2D eigenvalue weighted by molar-refractivity contribution is 5.96. The molecule has 2 aromatic carbocycles. The van der Waals surface area contributed by atoms with E-state index in [4.69, 9.17) is 15.2 Å². The van der Waals surface area contributed by atoms with Crippen molar-refractivity contribution < 1.29 is 14.3 Å². The molecule has 2 rings (SSSR count). The average molecular weight is 286 g/mol. The van der Waals surface area contributed by atoms with Gasteiger partial charge in [-0.2, -0.15) is 0 Å². The first-order chi connectivity index (χ1) is 10.0. The van der Waals surface area contributed by atoms with E-state index in [1.165, 1.54) is 7.11 Å². The van der Waals surface area contributed by atoms with Gasteiger partial charge in [0.05, 0.1) is 18.4 Å². The normalized spacial score (nSPS) is 10.0. The number of nitrogens with zero attached hydrogens (tertiary/aromatic N) is 1. The van der Waals surface area contributed by atoms with E-state index in [0.717, 1.165) is 5.69 Å². The molecule has 0 aliphatic carbocycles. The van der Waals surface area contributed by atoms with E-state index in [-0.39, 0.29) is 5.69 Å². The second-order valence-electron chi connectivity index (χ2n) is 4.70. The fourth-order valence-electron chi connectivity index (χ4n) is 1.87. The Hall–Kier alpha value is -2.69. The van der Waals surface area contributed by atoms with Crippen LogP contribution in [0.2, 0.25) is 0 Å². The lowest BCUT2D eigenvalue weighted by Crippen LogP contribution is -2.08. The van der Waals surface area contributed by atoms with E-state index in [2.05, 4.69) is 0 Å². The number of nitrogens with two attached hydrogens (primary N) is 1. The lowest BCUT2D eigenvalue weighted by Gasteiger charge is -2.15. The molecule has 21 heavy (non-hydrogen) atoms. The van der Waals surface area contributed by atoms with Gasteiger partial charge in [-0.15, -0.1) is 0 Å². The summed E-state index contributed by atoms with van der Waals surface area (Å²) in [5, 5.41) is 0. The number of para-hydroxylation sites is 1. The van der Waals surface area contributed by atoms with Crippen molar-refractivity contribution in [2.75, 3.05) is 31.8 Å². The van der Waals surface area contributed by atoms with Crippen molar-refractivity contribution in [3.8, 4) is 11.5 Å². The highest BCUT2D eigenvalue weighted by atomic mass is 16.5. The fourth-order valence-corrected chi connectivity index (χ4v) is 1.87. The zero-order valence-electron chi connectivity index (χ0n) is 12.3. The predicted octanol–water partition coefficient (Wildman–Crippen LogP) is 2.91. The summed E-state index contributed by atoms with van der Waals surface area (Å²) in [6.45, 7) is 0. The quantitative estimate of drug-likeness (QED) is 0.691. The third-order valence-corrected chi connectivity index (χ3v) is 3.03. The number of anilines is 2. The van der Waals surface area contributed by atoms with Gasteiger partial charge in [0.1, 0.15) is 5.75 Å². The maximum absolute atomic E-state index is 11.6. The van der Waals surface area contributed by atoms with Gasteiger partial charge in [0.2, 0.25) is 0 Å². The third kappa shape index (κ3) is 3.25. The zero-order valence-corrected chi connectivity index (χ0v) is 12.3. The van der Waals surface area contributed by atoms with Crippen LogP contribution in [-0.4, -0.2) is 27.2 Å². The van der Waals surface area contributed by atoms with E-state index in [1.54, 1.807) is 18.2 Å². The van der Waals surface area contributed by atoms with Gasteiger partial charge in [-0.25, -0.2) is 4.79 Å². The monoisotopic (exact) mass is 286 g/mol. The van der Waals surface area contributed by atoms with Crippen molar-refractivity contribution in [2.24, 2.45) is 0 Å². The number of methoxy groups -OCH3 is 1. The van der Waals surface area contributed by atoms with Crippen LogP contribution in [0.1, 0.15) is 10.4 Å². The molecule has 0 saturated carbocycles. The molecule has 0 fully saturated rings. The highest BCUT2D eigenvalue weighted by Crippen LogP contribution is 2.31. The van der Waals surface area contributed by atoms with Crippen molar-refractivity contribution in [3.05, 3.63) is 48.0 Å².